The Labute approximate surface area is 178 Å². The summed E-state index contributed by atoms with van der Waals surface area (Å²) in [5.74, 6) is 0.1000. The van der Waals surface area contributed by atoms with Crippen LogP contribution in [-0.2, 0) is 23.5 Å². The van der Waals surface area contributed by atoms with Crippen molar-refractivity contribution >= 4 is 10.0 Å². The fraction of sp³-hybridized carbons (Fsp3) is 0.391. The first-order valence-electron chi connectivity index (χ1n) is 10.3. The molecule has 0 amide bonds. The molecule has 1 aromatic carbocycles. The van der Waals surface area contributed by atoms with Gasteiger partial charge in [0.05, 0.1) is 5.69 Å². The van der Waals surface area contributed by atoms with E-state index in [2.05, 4.69) is 36.3 Å². The second-order valence-corrected chi connectivity index (χ2v) is 10.1. The summed E-state index contributed by atoms with van der Waals surface area (Å²) in [6.45, 7) is 4.83. The molecule has 158 valence electrons. The molecule has 0 aliphatic carbocycles. The van der Waals surface area contributed by atoms with E-state index < -0.39 is 10.0 Å². The summed E-state index contributed by atoms with van der Waals surface area (Å²) in [5, 5.41) is 4.21. The Morgan fingerprint density at radius 3 is 2.67 bits per heavy atom. The van der Waals surface area contributed by atoms with Crippen molar-refractivity contribution in [2.45, 2.75) is 43.9 Å². The maximum absolute atomic E-state index is 13.2. The Balaban J connectivity index is 1.54. The van der Waals surface area contributed by atoms with Crippen LogP contribution in [0, 0.1) is 13.8 Å². The summed E-state index contributed by atoms with van der Waals surface area (Å²) in [4.78, 5) is 5.19. The normalized spacial score (nSPS) is 17.9. The molecule has 0 bridgehead atoms. The predicted octanol–water partition coefficient (Wildman–Crippen LogP) is 3.59. The van der Waals surface area contributed by atoms with Gasteiger partial charge in [-0.15, -0.1) is 0 Å². The highest BCUT2D eigenvalue weighted by molar-refractivity contribution is 7.89. The van der Waals surface area contributed by atoms with E-state index in [0.29, 0.717) is 23.7 Å². The Bertz CT molecular complexity index is 1150. The molecule has 1 aliphatic rings. The van der Waals surface area contributed by atoms with Gasteiger partial charge in [-0.1, -0.05) is 35.9 Å². The topological polar surface area (TPSA) is 68.1 Å². The number of hydrogen-bond acceptors (Lipinski definition) is 4. The Hall–Kier alpha value is -2.51. The molecule has 3 aromatic rings. The first-order chi connectivity index (χ1) is 14.3. The Morgan fingerprint density at radius 1 is 1.13 bits per heavy atom. The molecule has 4 rings (SSSR count). The van der Waals surface area contributed by atoms with E-state index in [-0.39, 0.29) is 5.92 Å². The van der Waals surface area contributed by atoms with Crippen LogP contribution in [0.4, 0.5) is 0 Å². The van der Waals surface area contributed by atoms with Crippen molar-refractivity contribution in [3.05, 3.63) is 76.9 Å². The highest BCUT2D eigenvalue weighted by Gasteiger charge is 2.33. The summed E-state index contributed by atoms with van der Waals surface area (Å²) < 4.78 is 29.5. The molecule has 1 saturated heterocycles. The Kier molecular flexibility index (Phi) is 5.75. The molecule has 0 N–H and O–H groups in total. The van der Waals surface area contributed by atoms with Crippen LogP contribution in [0.1, 0.15) is 47.0 Å². The summed E-state index contributed by atoms with van der Waals surface area (Å²) >= 11 is 0. The lowest BCUT2D eigenvalue weighted by molar-refractivity contribution is 0.312. The van der Waals surface area contributed by atoms with Gasteiger partial charge in [-0.25, -0.2) is 8.42 Å². The number of aromatic nitrogens is 3. The molecule has 3 heterocycles. The van der Waals surface area contributed by atoms with Gasteiger partial charge in [0, 0.05) is 50.1 Å². The van der Waals surface area contributed by atoms with Crippen LogP contribution in [0.15, 0.2) is 53.6 Å². The lowest BCUT2D eigenvalue weighted by Crippen LogP contribution is -2.39. The summed E-state index contributed by atoms with van der Waals surface area (Å²) in [6, 6.07) is 14.6. The van der Waals surface area contributed by atoms with Gasteiger partial charge >= 0.3 is 0 Å². The molecule has 1 atom stereocenters. The minimum Gasteiger partial charge on any atom is -0.274 e. The number of pyridine rings is 1. The molecule has 0 unspecified atom stereocenters. The lowest BCUT2D eigenvalue weighted by atomic mass is 9.95. The SMILES string of the molecule is Cc1cccc(Cc2cccc([C@H]3CCCN(S(=O)(=O)c4cn(C)nc4C)C3)n2)c1. The largest absolute Gasteiger partial charge is 0.274 e. The molecule has 0 spiro atoms. The Morgan fingerprint density at radius 2 is 1.93 bits per heavy atom. The van der Waals surface area contributed by atoms with Gasteiger partial charge in [0.25, 0.3) is 0 Å². The molecule has 7 heteroatoms. The molecular formula is C23H28N4O2S. The van der Waals surface area contributed by atoms with E-state index in [9.17, 15) is 8.42 Å². The maximum atomic E-state index is 13.2. The minimum atomic E-state index is -3.55. The fourth-order valence-corrected chi connectivity index (χ4v) is 5.95. The fourth-order valence-electron chi connectivity index (χ4n) is 4.23. The van der Waals surface area contributed by atoms with Crippen LogP contribution >= 0.6 is 0 Å². The number of hydrogen-bond donors (Lipinski definition) is 0. The molecule has 6 nitrogen and oxygen atoms in total. The zero-order chi connectivity index (χ0) is 21.3. The second-order valence-electron chi connectivity index (χ2n) is 8.17. The van der Waals surface area contributed by atoms with Crippen LogP contribution in [0.2, 0.25) is 0 Å². The molecule has 2 aromatic heterocycles. The highest BCUT2D eigenvalue weighted by Crippen LogP contribution is 2.30. The van der Waals surface area contributed by atoms with Crippen LogP contribution in [0.5, 0.6) is 0 Å². The third-order valence-electron chi connectivity index (χ3n) is 5.68. The van der Waals surface area contributed by atoms with E-state index in [1.165, 1.54) is 11.1 Å². The van der Waals surface area contributed by atoms with Gasteiger partial charge < -0.3 is 0 Å². The maximum Gasteiger partial charge on any atom is 0.246 e. The number of rotatable bonds is 5. The first-order valence-corrected chi connectivity index (χ1v) is 11.8. The molecular weight excluding hydrogens is 396 g/mol. The van der Waals surface area contributed by atoms with Gasteiger partial charge in [0.2, 0.25) is 10.0 Å². The first kappa shape index (κ1) is 20.8. The van der Waals surface area contributed by atoms with E-state index in [0.717, 1.165) is 30.7 Å². The van der Waals surface area contributed by atoms with Crippen molar-refractivity contribution in [2.75, 3.05) is 13.1 Å². The smallest absolute Gasteiger partial charge is 0.246 e. The third kappa shape index (κ3) is 4.32. The molecule has 0 radical (unpaired) electrons. The predicted molar refractivity (Wildman–Crippen MR) is 117 cm³/mol. The van der Waals surface area contributed by atoms with Crippen molar-refractivity contribution in [3.8, 4) is 0 Å². The van der Waals surface area contributed by atoms with Crippen LogP contribution in [0.25, 0.3) is 0 Å². The van der Waals surface area contributed by atoms with Gasteiger partial charge in [0.1, 0.15) is 4.90 Å². The standard InChI is InChI=1S/C23H28N4O2S/c1-17-7-4-8-19(13-17)14-21-10-5-11-22(24-21)20-9-6-12-27(15-20)30(28,29)23-16-26(3)25-18(23)2/h4-5,7-8,10-11,13,16,20H,6,9,12,14-15H2,1-3H3/t20-/m0/s1. The highest BCUT2D eigenvalue weighted by atomic mass is 32.2. The zero-order valence-corrected chi connectivity index (χ0v) is 18.6. The zero-order valence-electron chi connectivity index (χ0n) is 17.7. The number of aryl methyl sites for hydroxylation is 3. The monoisotopic (exact) mass is 424 g/mol. The molecule has 30 heavy (non-hydrogen) atoms. The van der Waals surface area contributed by atoms with Crippen molar-refractivity contribution in [1.29, 1.82) is 0 Å². The van der Waals surface area contributed by atoms with Crippen molar-refractivity contribution in [1.82, 2.24) is 19.1 Å². The van der Waals surface area contributed by atoms with Crippen LogP contribution < -0.4 is 0 Å². The van der Waals surface area contributed by atoms with Crippen molar-refractivity contribution < 1.29 is 8.42 Å². The summed E-state index contributed by atoms with van der Waals surface area (Å²) in [5.41, 5.74) is 5.00. The van der Waals surface area contributed by atoms with E-state index >= 15 is 0 Å². The number of nitrogens with zero attached hydrogens (tertiary/aromatic N) is 4. The summed E-state index contributed by atoms with van der Waals surface area (Å²) in [6.07, 6.45) is 4.14. The molecule has 1 fully saturated rings. The average molecular weight is 425 g/mol. The van der Waals surface area contributed by atoms with Crippen molar-refractivity contribution in [3.63, 3.8) is 0 Å². The minimum absolute atomic E-state index is 0.1000. The van der Waals surface area contributed by atoms with Crippen molar-refractivity contribution in [2.24, 2.45) is 7.05 Å². The number of sulfonamides is 1. The molecule has 1 aliphatic heterocycles. The van der Waals surface area contributed by atoms with Gasteiger partial charge in [-0.05, 0) is 44.4 Å². The summed E-state index contributed by atoms with van der Waals surface area (Å²) in [7, 11) is -1.81. The second kappa shape index (κ2) is 8.32. The molecule has 0 saturated carbocycles. The van der Waals surface area contributed by atoms with E-state index in [1.54, 1.807) is 29.2 Å². The average Bonchev–Trinajstić information content (AvgIpc) is 3.07. The number of piperidine rings is 1. The third-order valence-corrected chi connectivity index (χ3v) is 7.65. The van der Waals surface area contributed by atoms with Gasteiger partial charge in [-0.3, -0.25) is 9.67 Å². The van der Waals surface area contributed by atoms with Gasteiger partial charge in [0.15, 0.2) is 0 Å². The van der Waals surface area contributed by atoms with E-state index in [4.69, 9.17) is 4.98 Å². The van der Waals surface area contributed by atoms with Gasteiger partial charge in [-0.2, -0.15) is 9.40 Å². The van der Waals surface area contributed by atoms with E-state index in [1.807, 2.05) is 18.2 Å². The lowest BCUT2D eigenvalue weighted by Gasteiger charge is -2.31. The van der Waals surface area contributed by atoms with Crippen LogP contribution in [0.3, 0.4) is 0 Å². The quantitative estimate of drug-likeness (QED) is 0.628. The van der Waals surface area contributed by atoms with Crippen LogP contribution in [-0.4, -0.2) is 40.6 Å². The number of benzene rings is 1.